The molecule has 0 aromatic heterocycles. The Balaban J connectivity index is 1.59. The number of carbonyl (C=O) groups excluding carboxylic acids is 2. The number of para-hydroxylation sites is 1. The van der Waals surface area contributed by atoms with Gasteiger partial charge in [-0.3, -0.25) is 9.59 Å². The van der Waals surface area contributed by atoms with Gasteiger partial charge in [-0.05, 0) is 60.7 Å². The lowest BCUT2D eigenvalue weighted by Gasteiger charge is -2.06. The Labute approximate surface area is 166 Å². The van der Waals surface area contributed by atoms with Gasteiger partial charge in [-0.2, -0.15) is 5.10 Å². The van der Waals surface area contributed by atoms with Gasteiger partial charge in [-0.15, -0.1) is 0 Å². The highest BCUT2D eigenvalue weighted by molar-refractivity contribution is 6.30. The summed E-state index contributed by atoms with van der Waals surface area (Å²) in [5.74, 6) is -0.621. The second-order valence-corrected chi connectivity index (χ2v) is 6.23. The van der Waals surface area contributed by atoms with Gasteiger partial charge < -0.3 is 10.4 Å². The molecule has 0 spiro atoms. The SMILES string of the molecule is O=C(N/N=C/c1ccccc1O)c1ccc(NC(=O)c2ccc(Cl)cc2)cc1. The van der Waals surface area contributed by atoms with Gasteiger partial charge in [0.15, 0.2) is 0 Å². The van der Waals surface area contributed by atoms with E-state index >= 15 is 0 Å². The highest BCUT2D eigenvalue weighted by Crippen LogP contribution is 2.14. The van der Waals surface area contributed by atoms with Gasteiger partial charge in [-0.1, -0.05) is 23.7 Å². The normalized spacial score (nSPS) is 10.6. The van der Waals surface area contributed by atoms with Gasteiger partial charge in [0.2, 0.25) is 0 Å². The van der Waals surface area contributed by atoms with E-state index in [1.165, 1.54) is 12.3 Å². The number of anilines is 1. The van der Waals surface area contributed by atoms with E-state index in [-0.39, 0.29) is 11.7 Å². The summed E-state index contributed by atoms with van der Waals surface area (Å²) in [6.07, 6.45) is 1.36. The van der Waals surface area contributed by atoms with Gasteiger partial charge in [0.1, 0.15) is 5.75 Å². The zero-order valence-electron chi connectivity index (χ0n) is 14.6. The predicted octanol–water partition coefficient (Wildman–Crippen LogP) is 4.06. The lowest BCUT2D eigenvalue weighted by Crippen LogP contribution is -2.17. The number of hydrogen-bond acceptors (Lipinski definition) is 4. The molecule has 140 valence electrons. The van der Waals surface area contributed by atoms with Crippen LogP contribution in [-0.4, -0.2) is 23.1 Å². The molecule has 0 bridgehead atoms. The fraction of sp³-hybridized carbons (Fsp3) is 0. The number of phenolic OH excluding ortho intramolecular Hbond substituents is 1. The summed E-state index contributed by atoms with van der Waals surface area (Å²) in [5, 5.41) is 16.8. The average molecular weight is 394 g/mol. The number of carbonyl (C=O) groups is 2. The minimum absolute atomic E-state index is 0.0706. The van der Waals surface area contributed by atoms with E-state index in [0.717, 1.165) is 0 Å². The molecule has 0 saturated heterocycles. The summed E-state index contributed by atoms with van der Waals surface area (Å²) in [7, 11) is 0. The maximum atomic E-state index is 12.2. The number of nitrogens with one attached hydrogen (secondary N) is 2. The van der Waals surface area contributed by atoms with Crippen molar-refractivity contribution in [3.05, 3.63) is 94.5 Å². The molecule has 0 heterocycles. The summed E-state index contributed by atoms with van der Waals surface area (Å²) in [6, 6.07) is 19.6. The summed E-state index contributed by atoms with van der Waals surface area (Å²) >= 11 is 5.81. The first-order valence-electron chi connectivity index (χ1n) is 8.31. The highest BCUT2D eigenvalue weighted by atomic mass is 35.5. The molecule has 0 aliphatic rings. The average Bonchev–Trinajstić information content (AvgIpc) is 2.70. The summed E-state index contributed by atoms with van der Waals surface area (Å²) in [4.78, 5) is 24.3. The first-order valence-corrected chi connectivity index (χ1v) is 8.69. The zero-order valence-corrected chi connectivity index (χ0v) is 15.4. The molecule has 0 fully saturated rings. The molecule has 3 N–H and O–H groups in total. The maximum absolute atomic E-state index is 12.2. The molecule has 2 amide bonds. The molecule has 0 atom stereocenters. The van der Waals surface area contributed by atoms with Crippen LogP contribution in [0.15, 0.2) is 77.9 Å². The fourth-order valence-electron chi connectivity index (χ4n) is 2.33. The molecule has 7 heteroatoms. The summed E-state index contributed by atoms with van der Waals surface area (Å²) < 4.78 is 0. The molecule has 6 nitrogen and oxygen atoms in total. The van der Waals surface area contributed by atoms with Crippen LogP contribution in [0.4, 0.5) is 5.69 Å². The zero-order chi connectivity index (χ0) is 19.9. The number of nitrogens with zero attached hydrogens (tertiary/aromatic N) is 1. The first-order chi connectivity index (χ1) is 13.5. The highest BCUT2D eigenvalue weighted by Gasteiger charge is 2.08. The largest absolute Gasteiger partial charge is 0.507 e. The number of benzene rings is 3. The van der Waals surface area contributed by atoms with Crippen LogP contribution in [0, 0.1) is 0 Å². The molecule has 3 aromatic rings. The van der Waals surface area contributed by atoms with Crippen molar-refractivity contribution in [2.75, 3.05) is 5.32 Å². The Bertz CT molecular complexity index is 1020. The van der Waals surface area contributed by atoms with Crippen LogP contribution in [0.25, 0.3) is 0 Å². The quantitative estimate of drug-likeness (QED) is 0.451. The Kier molecular flexibility index (Phi) is 6.04. The fourth-order valence-corrected chi connectivity index (χ4v) is 2.46. The molecule has 0 saturated carbocycles. The Morgan fingerprint density at radius 2 is 1.46 bits per heavy atom. The molecule has 3 aromatic carbocycles. The number of aromatic hydroxyl groups is 1. The maximum Gasteiger partial charge on any atom is 0.271 e. The van der Waals surface area contributed by atoms with Crippen molar-refractivity contribution in [2.24, 2.45) is 5.10 Å². The van der Waals surface area contributed by atoms with Crippen molar-refractivity contribution < 1.29 is 14.7 Å². The van der Waals surface area contributed by atoms with E-state index in [1.807, 2.05) is 0 Å². The molecular formula is C21H16ClN3O3. The van der Waals surface area contributed by atoms with Gasteiger partial charge in [-0.25, -0.2) is 5.43 Å². The van der Waals surface area contributed by atoms with Crippen molar-refractivity contribution in [1.82, 2.24) is 5.43 Å². The Morgan fingerprint density at radius 1 is 0.857 bits per heavy atom. The number of hydrogen-bond donors (Lipinski definition) is 3. The molecule has 28 heavy (non-hydrogen) atoms. The third kappa shape index (κ3) is 4.96. The van der Waals surface area contributed by atoms with E-state index in [0.29, 0.717) is 27.4 Å². The molecular weight excluding hydrogens is 378 g/mol. The van der Waals surface area contributed by atoms with Crippen LogP contribution >= 0.6 is 11.6 Å². The van der Waals surface area contributed by atoms with E-state index in [4.69, 9.17) is 11.6 Å². The van der Waals surface area contributed by atoms with Crippen LogP contribution in [0.2, 0.25) is 5.02 Å². The monoisotopic (exact) mass is 393 g/mol. The van der Waals surface area contributed by atoms with Gasteiger partial charge >= 0.3 is 0 Å². The van der Waals surface area contributed by atoms with Gasteiger partial charge in [0.25, 0.3) is 11.8 Å². The third-order valence-electron chi connectivity index (χ3n) is 3.82. The number of phenols is 1. The Hall–Kier alpha value is -3.64. The standard InChI is InChI=1S/C21H16ClN3O3/c22-17-9-5-14(6-10-17)20(27)24-18-11-7-15(8-12-18)21(28)25-23-13-16-3-1-2-4-19(16)26/h1-13,26H,(H,24,27)(H,25,28)/b23-13+. The lowest BCUT2D eigenvalue weighted by atomic mass is 10.1. The van der Waals surface area contributed by atoms with Crippen molar-refractivity contribution in [1.29, 1.82) is 0 Å². The van der Waals surface area contributed by atoms with Crippen molar-refractivity contribution in [2.45, 2.75) is 0 Å². The minimum atomic E-state index is -0.415. The van der Waals surface area contributed by atoms with E-state index < -0.39 is 5.91 Å². The molecule has 0 aliphatic carbocycles. The lowest BCUT2D eigenvalue weighted by molar-refractivity contribution is 0.0954. The summed E-state index contributed by atoms with van der Waals surface area (Å²) in [5.41, 5.74) is 4.28. The first kappa shape index (κ1) is 19.1. The van der Waals surface area contributed by atoms with Crippen molar-refractivity contribution >= 4 is 35.3 Å². The number of hydrazone groups is 1. The van der Waals surface area contributed by atoms with Crippen LogP contribution in [0.5, 0.6) is 5.75 Å². The number of amides is 2. The molecule has 0 unspecified atom stereocenters. The third-order valence-corrected chi connectivity index (χ3v) is 4.07. The van der Waals surface area contributed by atoms with Crippen LogP contribution in [-0.2, 0) is 0 Å². The molecule has 0 aliphatic heterocycles. The van der Waals surface area contributed by atoms with Gasteiger partial charge in [0.05, 0.1) is 6.21 Å². The second-order valence-electron chi connectivity index (χ2n) is 5.80. The molecule has 3 rings (SSSR count). The molecule has 0 radical (unpaired) electrons. The van der Waals surface area contributed by atoms with Crippen LogP contribution < -0.4 is 10.7 Å². The topological polar surface area (TPSA) is 90.8 Å². The summed E-state index contributed by atoms with van der Waals surface area (Å²) in [6.45, 7) is 0. The number of halogens is 1. The van der Waals surface area contributed by atoms with Gasteiger partial charge in [0, 0.05) is 27.4 Å². The van der Waals surface area contributed by atoms with E-state index in [1.54, 1.807) is 66.7 Å². The van der Waals surface area contributed by atoms with E-state index in [2.05, 4.69) is 15.8 Å². The van der Waals surface area contributed by atoms with E-state index in [9.17, 15) is 14.7 Å². The second kappa shape index (κ2) is 8.83. The minimum Gasteiger partial charge on any atom is -0.507 e. The van der Waals surface area contributed by atoms with Crippen LogP contribution in [0.3, 0.4) is 0 Å². The predicted molar refractivity (Wildman–Crippen MR) is 109 cm³/mol. The van der Waals surface area contributed by atoms with Crippen LogP contribution in [0.1, 0.15) is 26.3 Å². The number of rotatable bonds is 5. The Morgan fingerprint density at radius 3 is 2.14 bits per heavy atom. The van der Waals surface area contributed by atoms with Crippen molar-refractivity contribution in [3.63, 3.8) is 0 Å². The van der Waals surface area contributed by atoms with Crippen molar-refractivity contribution in [3.8, 4) is 5.75 Å². The smallest absolute Gasteiger partial charge is 0.271 e.